The smallest absolute Gasteiger partial charge is 0.224 e. The third-order valence-electron chi connectivity index (χ3n) is 3.47. The van der Waals surface area contributed by atoms with E-state index in [0.29, 0.717) is 12.0 Å². The second-order valence-corrected chi connectivity index (χ2v) is 5.03. The maximum Gasteiger partial charge on any atom is 0.224 e. The van der Waals surface area contributed by atoms with Gasteiger partial charge in [0.1, 0.15) is 0 Å². The third-order valence-corrected chi connectivity index (χ3v) is 3.47. The molecule has 1 amide bonds. The fourth-order valence-corrected chi connectivity index (χ4v) is 1.90. The molecule has 1 fully saturated rings. The quantitative estimate of drug-likeness (QED) is 0.745. The van der Waals surface area contributed by atoms with Crippen molar-refractivity contribution in [2.24, 2.45) is 11.8 Å². The Morgan fingerprint density at radius 3 is 2.60 bits per heavy atom. The Labute approximate surface area is 93.0 Å². The lowest BCUT2D eigenvalue weighted by molar-refractivity contribution is -0.127. The molecule has 3 unspecified atom stereocenters. The molecule has 3 atom stereocenters. The zero-order valence-corrected chi connectivity index (χ0v) is 10.3. The van der Waals surface area contributed by atoms with Crippen LogP contribution < -0.4 is 10.6 Å². The largest absolute Gasteiger partial charge is 0.353 e. The van der Waals surface area contributed by atoms with E-state index in [1.807, 2.05) is 0 Å². The van der Waals surface area contributed by atoms with Crippen LogP contribution in [0.4, 0.5) is 0 Å². The van der Waals surface area contributed by atoms with Crippen molar-refractivity contribution in [1.29, 1.82) is 0 Å². The molecule has 1 aliphatic rings. The number of carbonyl (C=O) groups excluding carboxylic acids is 1. The van der Waals surface area contributed by atoms with Gasteiger partial charge in [0.25, 0.3) is 0 Å². The SMILES string of the molecule is CC(C)C(C)NC(=O)C1CCCNC1C. The molecule has 1 rings (SSSR count). The summed E-state index contributed by atoms with van der Waals surface area (Å²) in [6.07, 6.45) is 2.13. The lowest BCUT2D eigenvalue weighted by atomic mass is 9.90. The summed E-state index contributed by atoms with van der Waals surface area (Å²) in [6.45, 7) is 9.48. The van der Waals surface area contributed by atoms with Crippen LogP contribution in [0.15, 0.2) is 0 Å². The Balaban J connectivity index is 2.45. The molecule has 0 aromatic carbocycles. The summed E-state index contributed by atoms with van der Waals surface area (Å²) in [7, 11) is 0. The number of carbonyl (C=O) groups is 1. The van der Waals surface area contributed by atoms with Crippen LogP contribution in [0.3, 0.4) is 0 Å². The van der Waals surface area contributed by atoms with Gasteiger partial charge in [0.15, 0.2) is 0 Å². The van der Waals surface area contributed by atoms with E-state index < -0.39 is 0 Å². The van der Waals surface area contributed by atoms with Gasteiger partial charge >= 0.3 is 0 Å². The highest BCUT2D eigenvalue weighted by molar-refractivity contribution is 5.79. The minimum Gasteiger partial charge on any atom is -0.353 e. The Morgan fingerprint density at radius 1 is 1.40 bits per heavy atom. The topological polar surface area (TPSA) is 41.1 Å². The number of hydrogen-bond donors (Lipinski definition) is 2. The first-order valence-electron chi connectivity index (χ1n) is 6.06. The van der Waals surface area contributed by atoms with Gasteiger partial charge in [-0.15, -0.1) is 0 Å². The van der Waals surface area contributed by atoms with E-state index in [1.54, 1.807) is 0 Å². The van der Waals surface area contributed by atoms with Gasteiger partial charge in [-0.2, -0.15) is 0 Å². The molecular weight excluding hydrogens is 188 g/mol. The van der Waals surface area contributed by atoms with Crippen molar-refractivity contribution in [3.8, 4) is 0 Å². The first-order valence-corrected chi connectivity index (χ1v) is 6.06. The van der Waals surface area contributed by atoms with Gasteiger partial charge < -0.3 is 10.6 Å². The molecular formula is C12H24N2O. The van der Waals surface area contributed by atoms with E-state index in [1.165, 1.54) is 0 Å². The van der Waals surface area contributed by atoms with Crippen LogP contribution in [0, 0.1) is 11.8 Å². The zero-order chi connectivity index (χ0) is 11.4. The molecule has 0 aliphatic carbocycles. The van der Waals surface area contributed by atoms with Gasteiger partial charge in [-0.05, 0) is 39.2 Å². The van der Waals surface area contributed by atoms with Crippen molar-refractivity contribution in [3.05, 3.63) is 0 Å². The van der Waals surface area contributed by atoms with Gasteiger partial charge in [-0.25, -0.2) is 0 Å². The van der Waals surface area contributed by atoms with Gasteiger partial charge in [0.05, 0.1) is 5.92 Å². The zero-order valence-electron chi connectivity index (χ0n) is 10.3. The first-order chi connectivity index (χ1) is 7.02. The number of hydrogen-bond acceptors (Lipinski definition) is 2. The molecule has 0 radical (unpaired) electrons. The minimum absolute atomic E-state index is 0.153. The van der Waals surface area contributed by atoms with Crippen LogP contribution in [-0.2, 0) is 4.79 Å². The minimum atomic E-state index is 0.153. The van der Waals surface area contributed by atoms with Crippen molar-refractivity contribution in [2.75, 3.05) is 6.54 Å². The van der Waals surface area contributed by atoms with Crippen molar-refractivity contribution in [3.63, 3.8) is 0 Å². The van der Waals surface area contributed by atoms with Crippen LogP contribution in [0.2, 0.25) is 0 Å². The average molecular weight is 212 g/mol. The van der Waals surface area contributed by atoms with Gasteiger partial charge in [0.2, 0.25) is 5.91 Å². The summed E-state index contributed by atoms with van der Waals surface area (Å²) in [6, 6.07) is 0.588. The van der Waals surface area contributed by atoms with Crippen LogP contribution in [0.5, 0.6) is 0 Å². The van der Waals surface area contributed by atoms with E-state index in [2.05, 4.69) is 38.3 Å². The molecule has 2 N–H and O–H groups in total. The van der Waals surface area contributed by atoms with Crippen LogP contribution in [-0.4, -0.2) is 24.5 Å². The molecule has 1 saturated heterocycles. The molecule has 0 saturated carbocycles. The van der Waals surface area contributed by atoms with Gasteiger partial charge in [-0.3, -0.25) is 4.79 Å². The van der Waals surface area contributed by atoms with Gasteiger partial charge in [-0.1, -0.05) is 13.8 Å². The summed E-state index contributed by atoms with van der Waals surface area (Å²) in [5.41, 5.74) is 0. The van der Waals surface area contributed by atoms with E-state index in [-0.39, 0.29) is 17.9 Å². The highest BCUT2D eigenvalue weighted by atomic mass is 16.2. The Morgan fingerprint density at radius 2 is 2.07 bits per heavy atom. The first kappa shape index (κ1) is 12.5. The van der Waals surface area contributed by atoms with Crippen molar-refractivity contribution < 1.29 is 4.79 Å². The predicted molar refractivity (Wildman–Crippen MR) is 62.6 cm³/mol. The molecule has 1 heterocycles. The van der Waals surface area contributed by atoms with Crippen molar-refractivity contribution >= 4 is 5.91 Å². The summed E-state index contributed by atoms with van der Waals surface area (Å²) in [5, 5.41) is 6.46. The second-order valence-electron chi connectivity index (χ2n) is 5.03. The van der Waals surface area contributed by atoms with Crippen molar-refractivity contribution in [2.45, 2.75) is 52.6 Å². The molecule has 1 aliphatic heterocycles. The number of rotatable bonds is 3. The normalized spacial score (nSPS) is 28.9. The molecule has 0 spiro atoms. The highest BCUT2D eigenvalue weighted by Crippen LogP contribution is 2.16. The van der Waals surface area contributed by atoms with E-state index in [9.17, 15) is 4.79 Å². The molecule has 0 aromatic heterocycles. The predicted octanol–water partition coefficient (Wildman–Crippen LogP) is 1.54. The fourth-order valence-electron chi connectivity index (χ4n) is 1.90. The van der Waals surface area contributed by atoms with Crippen LogP contribution in [0.1, 0.15) is 40.5 Å². The summed E-state index contributed by atoms with van der Waals surface area (Å²) in [5.74, 6) is 0.872. The van der Waals surface area contributed by atoms with Crippen molar-refractivity contribution in [1.82, 2.24) is 10.6 Å². The van der Waals surface area contributed by atoms with E-state index in [4.69, 9.17) is 0 Å². The number of nitrogens with one attached hydrogen (secondary N) is 2. The second kappa shape index (κ2) is 5.50. The van der Waals surface area contributed by atoms with E-state index in [0.717, 1.165) is 19.4 Å². The fraction of sp³-hybridized carbons (Fsp3) is 0.917. The molecule has 0 bridgehead atoms. The maximum atomic E-state index is 12.0. The third kappa shape index (κ3) is 3.49. The average Bonchev–Trinajstić information content (AvgIpc) is 2.18. The standard InChI is InChI=1S/C12H24N2O/c1-8(2)9(3)14-12(15)11-6-5-7-13-10(11)4/h8-11,13H,5-7H2,1-4H3,(H,14,15). The molecule has 3 nitrogen and oxygen atoms in total. The van der Waals surface area contributed by atoms with E-state index >= 15 is 0 Å². The molecule has 88 valence electrons. The Hall–Kier alpha value is -0.570. The Kier molecular flexibility index (Phi) is 4.58. The Bertz CT molecular complexity index is 216. The summed E-state index contributed by atoms with van der Waals surface area (Å²) in [4.78, 5) is 12.0. The lowest BCUT2D eigenvalue weighted by Gasteiger charge is -2.30. The number of piperidine rings is 1. The molecule has 3 heteroatoms. The number of amides is 1. The summed E-state index contributed by atoms with van der Waals surface area (Å²) < 4.78 is 0. The van der Waals surface area contributed by atoms with Gasteiger partial charge in [0, 0.05) is 12.1 Å². The lowest BCUT2D eigenvalue weighted by Crippen LogP contribution is -2.49. The molecule has 0 aromatic rings. The molecule has 15 heavy (non-hydrogen) atoms. The van der Waals surface area contributed by atoms with Crippen LogP contribution >= 0.6 is 0 Å². The summed E-state index contributed by atoms with van der Waals surface area (Å²) >= 11 is 0. The van der Waals surface area contributed by atoms with Crippen LogP contribution in [0.25, 0.3) is 0 Å². The maximum absolute atomic E-state index is 12.0. The monoisotopic (exact) mass is 212 g/mol. The highest BCUT2D eigenvalue weighted by Gasteiger charge is 2.28.